The van der Waals surface area contributed by atoms with Gasteiger partial charge in [-0.2, -0.15) is 13.2 Å². The summed E-state index contributed by atoms with van der Waals surface area (Å²) in [6.45, 7) is 1.29. The monoisotopic (exact) mass is 322 g/mol. The number of pyridine rings is 1. The van der Waals surface area contributed by atoms with E-state index in [0.717, 1.165) is 11.1 Å². The summed E-state index contributed by atoms with van der Waals surface area (Å²) in [7, 11) is 1.33. The van der Waals surface area contributed by atoms with Crippen LogP contribution in [-0.2, 0) is 4.79 Å². The van der Waals surface area contributed by atoms with E-state index in [2.05, 4.69) is 4.98 Å². The number of rotatable bonds is 5. The van der Waals surface area contributed by atoms with Crippen LogP contribution in [0.1, 0.15) is 17.3 Å². The zero-order chi connectivity index (χ0) is 16.2. The van der Waals surface area contributed by atoms with Crippen LogP contribution in [0.15, 0.2) is 23.4 Å². The minimum absolute atomic E-state index is 0.112. The summed E-state index contributed by atoms with van der Waals surface area (Å²) in [6.07, 6.45) is 1.16. The van der Waals surface area contributed by atoms with Crippen LogP contribution in [-0.4, -0.2) is 46.0 Å². The predicted molar refractivity (Wildman–Crippen MR) is 69.9 cm³/mol. The zero-order valence-electron chi connectivity index (χ0n) is 11.2. The second-order valence-corrected chi connectivity index (χ2v) is 5.38. The molecule has 1 amide bonds. The van der Waals surface area contributed by atoms with Crippen LogP contribution in [0.5, 0.6) is 0 Å². The van der Waals surface area contributed by atoms with Crippen LogP contribution in [0.25, 0.3) is 0 Å². The van der Waals surface area contributed by atoms with Crippen molar-refractivity contribution >= 4 is 23.6 Å². The third kappa shape index (κ3) is 5.25. The summed E-state index contributed by atoms with van der Waals surface area (Å²) >= 11 is -0.477. The van der Waals surface area contributed by atoms with Gasteiger partial charge in [0.25, 0.3) is 5.91 Å². The number of thioether (sulfide) groups is 1. The third-order valence-electron chi connectivity index (χ3n) is 2.53. The first-order valence-electron chi connectivity index (χ1n) is 5.81. The van der Waals surface area contributed by atoms with E-state index < -0.39 is 40.1 Å². The maximum absolute atomic E-state index is 12.4. The number of carboxylic acid groups (broad SMARTS) is 1. The van der Waals surface area contributed by atoms with Crippen molar-refractivity contribution in [1.29, 1.82) is 0 Å². The molecular formula is C12H13F3N2O3S. The van der Waals surface area contributed by atoms with E-state index in [1.54, 1.807) is 0 Å². The number of amides is 1. The molecule has 0 bridgehead atoms. The van der Waals surface area contributed by atoms with Crippen LogP contribution < -0.4 is 0 Å². The van der Waals surface area contributed by atoms with E-state index in [4.69, 9.17) is 5.11 Å². The molecule has 0 aliphatic heterocycles. The maximum atomic E-state index is 12.4. The molecule has 0 aromatic carbocycles. The number of aliphatic carboxylic acids is 1. The zero-order valence-corrected chi connectivity index (χ0v) is 12.0. The van der Waals surface area contributed by atoms with Gasteiger partial charge in [-0.15, -0.1) is 0 Å². The predicted octanol–water partition coefficient (Wildman–Crippen LogP) is 2.49. The van der Waals surface area contributed by atoms with Gasteiger partial charge in [-0.3, -0.25) is 9.59 Å². The Balaban J connectivity index is 2.94. The van der Waals surface area contributed by atoms with Crippen LogP contribution in [0.3, 0.4) is 0 Å². The van der Waals surface area contributed by atoms with Crippen LogP contribution >= 0.6 is 11.8 Å². The Labute approximate surface area is 123 Å². The van der Waals surface area contributed by atoms with E-state index in [1.165, 1.54) is 26.1 Å². The molecule has 116 valence electrons. The van der Waals surface area contributed by atoms with Gasteiger partial charge in [0.05, 0.1) is 11.5 Å². The molecule has 1 unspecified atom stereocenters. The lowest BCUT2D eigenvalue weighted by Crippen LogP contribution is -2.34. The molecule has 0 radical (unpaired) electrons. The Kier molecular flexibility index (Phi) is 5.59. The summed E-state index contributed by atoms with van der Waals surface area (Å²) in [5, 5.41) is 8.33. The second kappa shape index (κ2) is 6.79. The number of alkyl halides is 3. The lowest BCUT2D eigenvalue weighted by molar-refractivity contribution is -0.141. The van der Waals surface area contributed by atoms with Gasteiger partial charge >= 0.3 is 11.5 Å². The van der Waals surface area contributed by atoms with E-state index in [9.17, 15) is 22.8 Å². The molecule has 0 fully saturated rings. The molecule has 0 spiro atoms. The van der Waals surface area contributed by atoms with Gasteiger partial charge in [0.2, 0.25) is 0 Å². The lowest BCUT2D eigenvalue weighted by Gasteiger charge is -2.20. The number of carboxylic acids is 1. The molecule has 21 heavy (non-hydrogen) atoms. The first kappa shape index (κ1) is 17.3. The first-order chi connectivity index (χ1) is 9.61. The second-order valence-electron chi connectivity index (χ2n) is 4.33. The van der Waals surface area contributed by atoms with E-state index >= 15 is 0 Å². The fourth-order valence-corrected chi connectivity index (χ4v) is 2.12. The number of hydrogen-bond acceptors (Lipinski definition) is 4. The van der Waals surface area contributed by atoms with Crippen molar-refractivity contribution in [2.24, 2.45) is 5.92 Å². The average molecular weight is 322 g/mol. The van der Waals surface area contributed by atoms with E-state index in [1.807, 2.05) is 0 Å². The Morgan fingerprint density at radius 1 is 1.48 bits per heavy atom. The van der Waals surface area contributed by atoms with Gasteiger partial charge in [-0.25, -0.2) is 4.98 Å². The summed E-state index contributed by atoms with van der Waals surface area (Å²) in [5.74, 6) is -2.62. The molecule has 0 aliphatic carbocycles. The van der Waals surface area contributed by atoms with Crippen molar-refractivity contribution in [2.75, 3.05) is 13.6 Å². The quantitative estimate of drug-likeness (QED) is 0.843. The van der Waals surface area contributed by atoms with Crippen LogP contribution in [0, 0.1) is 5.92 Å². The minimum atomic E-state index is -4.56. The molecule has 1 atom stereocenters. The van der Waals surface area contributed by atoms with Crippen molar-refractivity contribution in [3.8, 4) is 0 Å². The Morgan fingerprint density at radius 3 is 2.62 bits per heavy atom. The molecule has 1 aromatic heterocycles. The molecule has 0 saturated heterocycles. The number of nitrogens with zero attached hydrogens (tertiary/aromatic N) is 2. The van der Waals surface area contributed by atoms with Crippen molar-refractivity contribution in [1.82, 2.24) is 9.88 Å². The Bertz CT molecular complexity index is 537. The third-order valence-corrected chi connectivity index (χ3v) is 3.28. The number of carbonyl (C=O) groups is 2. The topological polar surface area (TPSA) is 70.5 Å². The molecule has 1 aromatic rings. The van der Waals surface area contributed by atoms with Crippen molar-refractivity contribution < 1.29 is 27.9 Å². The molecule has 9 heteroatoms. The van der Waals surface area contributed by atoms with Crippen molar-refractivity contribution in [2.45, 2.75) is 17.5 Å². The fourth-order valence-electron chi connectivity index (χ4n) is 1.52. The highest BCUT2D eigenvalue weighted by Gasteiger charge is 2.33. The standard InChI is InChI=1S/C12H13F3N2O3S/c1-7(11(19)20)6-17(2)10(18)8-4-3-5-16-9(8)21-12(13,14)15/h3-5,7H,6H2,1-2H3,(H,19,20). The molecule has 0 saturated carbocycles. The van der Waals surface area contributed by atoms with Gasteiger partial charge in [-0.1, -0.05) is 6.92 Å². The highest BCUT2D eigenvalue weighted by molar-refractivity contribution is 8.00. The van der Waals surface area contributed by atoms with Crippen molar-refractivity contribution in [3.05, 3.63) is 23.9 Å². The number of halogens is 3. The molecule has 0 aliphatic rings. The highest BCUT2D eigenvalue weighted by atomic mass is 32.2. The minimum Gasteiger partial charge on any atom is -0.481 e. The molecule has 5 nitrogen and oxygen atoms in total. The number of hydrogen-bond donors (Lipinski definition) is 1. The summed E-state index contributed by atoms with van der Waals surface area (Å²) < 4.78 is 37.3. The molecule has 1 N–H and O–H groups in total. The lowest BCUT2D eigenvalue weighted by atomic mass is 10.1. The molecular weight excluding hydrogens is 309 g/mol. The normalized spacial score (nSPS) is 12.8. The highest BCUT2D eigenvalue weighted by Crippen LogP contribution is 2.37. The van der Waals surface area contributed by atoms with Gasteiger partial charge in [0.15, 0.2) is 0 Å². The van der Waals surface area contributed by atoms with E-state index in [-0.39, 0.29) is 12.1 Å². The van der Waals surface area contributed by atoms with Crippen LogP contribution in [0.4, 0.5) is 13.2 Å². The summed E-state index contributed by atoms with van der Waals surface area (Å²) in [6, 6.07) is 2.58. The first-order valence-corrected chi connectivity index (χ1v) is 6.62. The van der Waals surface area contributed by atoms with Gasteiger partial charge in [0.1, 0.15) is 5.03 Å². The van der Waals surface area contributed by atoms with Gasteiger partial charge in [-0.05, 0) is 12.1 Å². The van der Waals surface area contributed by atoms with Gasteiger partial charge in [0, 0.05) is 31.6 Å². The number of aromatic nitrogens is 1. The largest absolute Gasteiger partial charge is 0.481 e. The molecule has 1 rings (SSSR count). The Hall–Kier alpha value is -1.77. The SMILES string of the molecule is CC(CN(C)C(=O)c1cccnc1SC(F)(F)F)C(=O)O. The van der Waals surface area contributed by atoms with Gasteiger partial charge < -0.3 is 10.0 Å². The average Bonchev–Trinajstić information content (AvgIpc) is 2.36. The smallest absolute Gasteiger partial charge is 0.447 e. The Morgan fingerprint density at radius 2 is 2.10 bits per heavy atom. The summed E-state index contributed by atoms with van der Waals surface area (Å²) in [5.41, 5.74) is -4.77. The molecule has 1 heterocycles. The van der Waals surface area contributed by atoms with E-state index in [0.29, 0.717) is 0 Å². The van der Waals surface area contributed by atoms with Crippen molar-refractivity contribution in [3.63, 3.8) is 0 Å². The van der Waals surface area contributed by atoms with Crippen LogP contribution in [0.2, 0.25) is 0 Å². The number of carbonyl (C=O) groups excluding carboxylic acids is 1. The maximum Gasteiger partial charge on any atom is 0.447 e. The fraction of sp³-hybridized carbons (Fsp3) is 0.417. The summed E-state index contributed by atoms with van der Waals surface area (Å²) in [4.78, 5) is 27.5.